The first-order chi connectivity index (χ1) is 48.7. The van der Waals surface area contributed by atoms with E-state index < -0.39 is 97.5 Å². The first-order valence-electron chi connectivity index (χ1n) is 39.8. The van der Waals surface area contributed by atoms with Gasteiger partial charge in [-0.15, -0.1) is 0 Å². The van der Waals surface area contributed by atoms with E-state index >= 15 is 0 Å². The molecule has 19 heteroatoms. The lowest BCUT2D eigenvalue weighted by molar-refractivity contribution is -0.161. The van der Waals surface area contributed by atoms with Crippen LogP contribution in [0.15, 0.2) is 85.1 Å². The minimum atomic E-state index is -4.98. The molecule has 0 rings (SSSR count). The van der Waals surface area contributed by atoms with E-state index in [1.54, 1.807) is 0 Å². The highest BCUT2D eigenvalue weighted by molar-refractivity contribution is 7.47. The van der Waals surface area contributed by atoms with Gasteiger partial charge in [0.1, 0.15) is 19.3 Å². The maximum Gasteiger partial charge on any atom is 0.472 e. The average molecular weight is 1450 g/mol. The molecule has 0 aromatic carbocycles. The van der Waals surface area contributed by atoms with Crippen LogP contribution in [0.3, 0.4) is 0 Å². The van der Waals surface area contributed by atoms with Gasteiger partial charge in [0, 0.05) is 25.7 Å². The number of phosphoric acid groups is 2. The number of aliphatic hydroxyl groups excluding tert-OH is 1. The minimum absolute atomic E-state index is 0.0788. The van der Waals surface area contributed by atoms with Crippen LogP contribution in [0.25, 0.3) is 0 Å². The van der Waals surface area contributed by atoms with Crippen LogP contribution in [0.4, 0.5) is 0 Å². The van der Waals surface area contributed by atoms with Crippen LogP contribution in [0.5, 0.6) is 0 Å². The zero-order valence-corrected chi connectivity index (χ0v) is 65.2. The quantitative estimate of drug-likeness (QED) is 0.0169. The number of esters is 4. The summed E-state index contributed by atoms with van der Waals surface area (Å²) in [6.07, 6.45) is 75.6. The molecule has 0 spiro atoms. The van der Waals surface area contributed by atoms with E-state index in [4.69, 9.17) is 37.0 Å². The van der Waals surface area contributed by atoms with Crippen molar-refractivity contribution in [2.24, 2.45) is 0 Å². The highest BCUT2D eigenvalue weighted by Crippen LogP contribution is 2.45. The van der Waals surface area contributed by atoms with Crippen molar-refractivity contribution < 1.29 is 80.2 Å². The largest absolute Gasteiger partial charge is 0.472 e. The molecular weight excluding hydrogens is 1310 g/mol. The van der Waals surface area contributed by atoms with Crippen LogP contribution >= 0.6 is 15.6 Å². The van der Waals surface area contributed by atoms with Crippen LogP contribution in [0.1, 0.15) is 349 Å². The maximum absolute atomic E-state index is 13.1. The normalized spacial score (nSPS) is 14.3. The number of allylic oxidation sites excluding steroid dienone is 14. The third kappa shape index (κ3) is 72.6. The van der Waals surface area contributed by atoms with Gasteiger partial charge in [0.15, 0.2) is 12.2 Å². The van der Waals surface area contributed by atoms with Gasteiger partial charge in [0.25, 0.3) is 0 Å². The number of unbranched alkanes of at least 4 members (excludes halogenated alkanes) is 35. The van der Waals surface area contributed by atoms with Gasteiger partial charge in [-0.3, -0.25) is 37.3 Å². The van der Waals surface area contributed by atoms with Crippen molar-refractivity contribution in [2.75, 3.05) is 39.6 Å². The SMILES string of the molecule is CC/C=C\C/C=C\C/C=C\CCCCCCCCCC(=O)OCC(COP(=O)(O)OCC(O)COP(=O)(O)OCC(COC(=O)CCCCCCC/C=C\CCCCCCCC)OC(=O)CCCCCCC/C=C\C/C=C\CCC)OC(=O)CCCCCCC/C=C\CCCCCCCC. The van der Waals surface area contributed by atoms with E-state index in [9.17, 15) is 43.2 Å². The Balaban J connectivity index is 5.35. The Hall–Kier alpha value is -3.76. The Morgan fingerprint density at radius 3 is 0.850 bits per heavy atom. The molecule has 0 aliphatic rings. The Morgan fingerprint density at radius 1 is 0.290 bits per heavy atom. The fourth-order valence-electron chi connectivity index (χ4n) is 10.7. The van der Waals surface area contributed by atoms with Crippen molar-refractivity contribution in [3.8, 4) is 0 Å². The molecule has 3 N–H and O–H groups in total. The van der Waals surface area contributed by atoms with Crippen LogP contribution in [0.2, 0.25) is 0 Å². The number of rotatable bonds is 75. The number of phosphoric ester groups is 2. The van der Waals surface area contributed by atoms with Crippen molar-refractivity contribution in [1.29, 1.82) is 0 Å². The summed E-state index contributed by atoms with van der Waals surface area (Å²) in [7, 11) is -9.96. The second-order valence-corrected chi connectivity index (χ2v) is 29.5. The molecule has 0 aromatic rings. The van der Waals surface area contributed by atoms with E-state index in [-0.39, 0.29) is 25.7 Å². The minimum Gasteiger partial charge on any atom is -0.462 e. The van der Waals surface area contributed by atoms with Gasteiger partial charge in [-0.05, 0) is 135 Å². The van der Waals surface area contributed by atoms with Crippen LogP contribution < -0.4 is 0 Å². The third-order valence-corrected chi connectivity index (χ3v) is 18.7. The highest BCUT2D eigenvalue weighted by Gasteiger charge is 2.30. The molecule has 5 atom stereocenters. The zero-order chi connectivity index (χ0) is 73.2. The van der Waals surface area contributed by atoms with Gasteiger partial charge in [0.05, 0.1) is 26.4 Å². The van der Waals surface area contributed by atoms with Crippen molar-refractivity contribution in [3.05, 3.63) is 85.1 Å². The Morgan fingerprint density at radius 2 is 0.540 bits per heavy atom. The maximum atomic E-state index is 13.1. The summed E-state index contributed by atoms with van der Waals surface area (Å²) < 4.78 is 68.6. The summed E-state index contributed by atoms with van der Waals surface area (Å²) in [6, 6.07) is 0. The molecular formula is C81H144O17P2. The second kappa shape index (κ2) is 73.5. The van der Waals surface area contributed by atoms with Gasteiger partial charge >= 0.3 is 39.5 Å². The number of aliphatic hydroxyl groups is 1. The summed E-state index contributed by atoms with van der Waals surface area (Å²) in [5.74, 6) is -2.20. The van der Waals surface area contributed by atoms with Crippen molar-refractivity contribution in [1.82, 2.24) is 0 Å². The summed E-state index contributed by atoms with van der Waals surface area (Å²) in [5.41, 5.74) is 0. The molecule has 0 radical (unpaired) electrons. The lowest BCUT2D eigenvalue weighted by Crippen LogP contribution is -2.30. The van der Waals surface area contributed by atoms with E-state index in [2.05, 4.69) is 113 Å². The molecule has 0 heterocycles. The molecule has 0 saturated carbocycles. The van der Waals surface area contributed by atoms with Crippen LogP contribution in [0, 0.1) is 0 Å². The Bertz CT molecular complexity index is 2230. The molecule has 0 fully saturated rings. The molecule has 17 nitrogen and oxygen atoms in total. The van der Waals surface area contributed by atoms with Crippen molar-refractivity contribution >= 4 is 39.5 Å². The summed E-state index contributed by atoms with van der Waals surface area (Å²) in [5, 5.41) is 10.6. The van der Waals surface area contributed by atoms with E-state index in [1.807, 2.05) is 0 Å². The fourth-order valence-corrected chi connectivity index (χ4v) is 12.3. The first-order valence-corrected chi connectivity index (χ1v) is 42.8. The number of carbonyl (C=O) groups excluding carboxylic acids is 4. The predicted molar refractivity (Wildman–Crippen MR) is 409 cm³/mol. The lowest BCUT2D eigenvalue weighted by Gasteiger charge is -2.21. The molecule has 580 valence electrons. The first kappa shape index (κ1) is 96.2. The van der Waals surface area contributed by atoms with Crippen LogP contribution in [-0.4, -0.2) is 96.7 Å². The number of carbonyl (C=O) groups is 4. The molecule has 5 unspecified atom stereocenters. The molecule has 0 amide bonds. The Kier molecular flexibility index (Phi) is 70.8. The van der Waals surface area contributed by atoms with Crippen molar-refractivity contribution in [3.63, 3.8) is 0 Å². The Labute approximate surface area is 608 Å². The summed E-state index contributed by atoms with van der Waals surface area (Å²) in [6.45, 7) is 4.69. The van der Waals surface area contributed by atoms with Crippen LogP contribution in [-0.2, 0) is 65.4 Å². The van der Waals surface area contributed by atoms with E-state index in [1.165, 1.54) is 77.0 Å². The van der Waals surface area contributed by atoms with E-state index in [0.29, 0.717) is 25.7 Å². The molecule has 0 saturated heterocycles. The molecule has 0 aromatic heterocycles. The lowest BCUT2D eigenvalue weighted by atomic mass is 10.1. The van der Waals surface area contributed by atoms with Gasteiger partial charge in [-0.25, -0.2) is 9.13 Å². The average Bonchev–Trinajstić information content (AvgIpc) is 1.06. The zero-order valence-electron chi connectivity index (χ0n) is 63.4. The van der Waals surface area contributed by atoms with Gasteiger partial charge < -0.3 is 33.8 Å². The van der Waals surface area contributed by atoms with E-state index in [0.717, 1.165) is 193 Å². The van der Waals surface area contributed by atoms with Gasteiger partial charge in [0.2, 0.25) is 0 Å². The smallest absolute Gasteiger partial charge is 0.462 e. The number of hydrogen-bond donors (Lipinski definition) is 3. The monoisotopic (exact) mass is 1450 g/mol. The van der Waals surface area contributed by atoms with Gasteiger partial charge in [-0.1, -0.05) is 273 Å². The highest BCUT2D eigenvalue weighted by atomic mass is 31.2. The molecule has 0 aliphatic heterocycles. The summed E-state index contributed by atoms with van der Waals surface area (Å²) >= 11 is 0. The topological polar surface area (TPSA) is 237 Å². The number of hydrogen-bond acceptors (Lipinski definition) is 15. The molecule has 100 heavy (non-hydrogen) atoms. The van der Waals surface area contributed by atoms with Gasteiger partial charge in [-0.2, -0.15) is 0 Å². The third-order valence-electron chi connectivity index (χ3n) is 16.8. The standard InChI is InChI=1S/C81H144O17P2/c1-5-9-13-17-21-25-29-33-36-37-40-43-46-50-54-58-62-66-79(84)92-72-77(98-81(86)68-64-60-56-52-48-44-39-35-31-27-23-19-15-11-7-3)74-96-100(89,90)94-70-75(82)69-93-99(87,88)95-73-76(97-80(85)67-63-59-55-51-47-41-32-28-24-20-16-12-8-4)71-91-78(83)65-61-57-53-49-45-42-38-34-30-26-22-18-14-10-6-2/h9,13,16,20-21,25,28,32-36,38-39,75-77,82H,5-8,10-12,14-15,17-19,22-24,26-27,29-31,37,40-74H2,1-4H3,(H,87,88)(H,89,90)/b13-9-,20-16-,25-21-,32-28-,36-33-,38-34-,39-35-. The summed E-state index contributed by atoms with van der Waals surface area (Å²) in [4.78, 5) is 73.0. The fraction of sp³-hybridized carbons (Fsp3) is 0.778. The molecule has 0 aliphatic carbocycles. The molecule has 0 bridgehead atoms. The second-order valence-electron chi connectivity index (χ2n) is 26.6. The predicted octanol–water partition coefficient (Wildman–Crippen LogP) is 23.0. The van der Waals surface area contributed by atoms with Crippen molar-refractivity contribution in [2.45, 2.75) is 367 Å². The number of ether oxygens (including phenoxy) is 4.